The lowest BCUT2D eigenvalue weighted by Crippen LogP contribution is -2.30. The highest BCUT2D eigenvalue weighted by Gasteiger charge is 2.16. The molecule has 2 amide bonds. The molecule has 2 N–H and O–H groups in total. The van der Waals surface area contributed by atoms with Crippen molar-refractivity contribution in [1.82, 2.24) is 5.32 Å². The summed E-state index contributed by atoms with van der Waals surface area (Å²) in [5.74, 6) is 0.429. The first kappa shape index (κ1) is 19.2. The Hall–Kier alpha value is -3.54. The Morgan fingerprint density at radius 2 is 1.68 bits per heavy atom. The van der Waals surface area contributed by atoms with Crippen LogP contribution >= 0.6 is 0 Å². The van der Waals surface area contributed by atoms with E-state index in [1.165, 1.54) is 7.11 Å². The number of fused-ring (bicyclic) bond motifs is 1. The van der Waals surface area contributed by atoms with Crippen LogP contribution in [0.5, 0.6) is 5.75 Å². The lowest BCUT2D eigenvalue weighted by atomic mass is 10.1. The third-order valence-electron chi connectivity index (χ3n) is 4.27. The topological polar surface area (TPSA) is 76.7 Å². The van der Waals surface area contributed by atoms with Gasteiger partial charge >= 0.3 is 6.09 Å². The van der Waals surface area contributed by atoms with Crippen LogP contribution in [-0.2, 0) is 16.1 Å². The number of benzene rings is 3. The van der Waals surface area contributed by atoms with Gasteiger partial charge in [0.15, 0.2) is 6.10 Å². The van der Waals surface area contributed by atoms with E-state index in [9.17, 15) is 9.59 Å². The Kier molecular flexibility index (Phi) is 6.11. The normalized spacial score (nSPS) is 11.5. The van der Waals surface area contributed by atoms with E-state index in [2.05, 4.69) is 15.4 Å². The minimum absolute atomic E-state index is 0.242. The highest BCUT2D eigenvalue weighted by atomic mass is 16.5. The van der Waals surface area contributed by atoms with Gasteiger partial charge in [-0.3, -0.25) is 4.79 Å². The summed E-state index contributed by atoms with van der Waals surface area (Å²) in [6.45, 7) is 2.06. The molecule has 6 nitrogen and oxygen atoms in total. The smallest absolute Gasteiger partial charge is 0.407 e. The van der Waals surface area contributed by atoms with E-state index in [1.54, 1.807) is 19.1 Å². The van der Waals surface area contributed by atoms with Crippen LogP contribution < -0.4 is 15.4 Å². The number of rotatable bonds is 6. The Balaban J connectivity index is 1.60. The molecule has 0 aliphatic heterocycles. The van der Waals surface area contributed by atoms with Crippen LogP contribution in [0.2, 0.25) is 0 Å². The van der Waals surface area contributed by atoms with Gasteiger partial charge in [-0.15, -0.1) is 0 Å². The molecule has 1 unspecified atom stereocenters. The predicted molar refractivity (Wildman–Crippen MR) is 108 cm³/mol. The van der Waals surface area contributed by atoms with Crippen LogP contribution in [0.3, 0.4) is 0 Å². The van der Waals surface area contributed by atoms with Gasteiger partial charge in [0, 0.05) is 17.6 Å². The number of nitrogens with one attached hydrogen (secondary N) is 2. The fourth-order valence-electron chi connectivity index (χ4n) is 2.74. The highest BCUT2D eigenvalue weighted by molar-refractivity contribution is 5.95. The van der Waals surface area contributed by atoms with Crippen molar-refractivity contribution in [3.8, 4) is 5.75 Å². The minimum Gasteiger partial charge on any atom is -0.480 e. The fraction of sp³-hybridized carbons (Fsp3) is 0.182. The fourth-order valence-corrected chi connectivity index (χ4v) is 2.74. The molecule has 3 rings (SSSR count). The Bertz CT molecular complexity index is 964. The van der Waals surface area contributed by atoms with Gasteiger partial charge in [-0.05, 0) is 36.1 Å². The van der Waals surface area contributed by atoms with Crippen LogP contribution in [0.25, 0.3) is 10.8 Å². The molecule has 0 aliphatic rings. The summed E-state index contributed by atoms with van der Waals surface area (Å²) in [6, 6.07) is 20.8. The highest BCUT2D eigenvalue weighted by Crippen LogP contribution is 2.26. The lowest BCUT2D eigenvalue weighted by Gasteiger charge is -2.16. The molecule has 0 saturated carbocycles. The van der Waals surface area contributed by atoms with Crippen LogP contribution in [0.1, 0.15) is 12.5 Å². The van der Waals surface area contributed by atoms with Gasteiger partial charge in [0.05, 0.1) is 7.11 Å². The van der Waals surface area contributed by atoms with Crippen molar-refractivity contribution in [1.29, 1.82) is 0 Å². The van der Waals surface area contributed by atoms with Gasteiger partial charge in [-0.1, -0.05) is 48.5 Å². The maximum Gasteiger partial charge on any atom is 0.407 e. The summed E-state index contributed by atoms with van der Waals surface area (Å²) in [4.78, 5) is 23.6. The van der Waals surface area contributed by atoms with E-state index >= 15 is 0 Å². The van der Waals surface area contributed by atoms with E-state index < -0.39 is 12.2 Å². The molecule has 3 aromatic carbocycles. The molecule has 0 heterocycles. The number of amides is 2. The molecule has 28 heavy (non-hydrogen) atoms. The van der Waals surface area contributed by atoms with Crippen LogP contribution in [0.4, 0.5) is 10.5 Å². The van der Waals surface area contributed by atoms with Crippen molar-refractivity contribution in [2.45, 2.75) is 19.6 Å². The molecule has 0 saturated heterocycles. The number of alkyl carbamates (subject to hydrolysis) is 1. The summed E-state index contributed by atoms with van der Waals surface area (Å²) in [7, 11) is 1.31. The molecular formula is C22H22N2O4. The van der Waals surface area contributed by atoms with Crippen molar-refractivity contribution >= 4 is 28.5 Å². The second kappa shape index (κ2) is 8.90. The molecule has 0 aromatic heterocycles. The summed E-state index contributed by atoms with van der Waals surface area (Å²) in [6.07, 6.45) is -1.15. The van der Waals surface area contributed by atoms with Gasteiger partial charge in [-0.25, -0.2) is 4.79 Å². The van der Waals surface area contributed by atoms with E-state index in [0.717, 1.165) is 16.3 Å². The predicted octanol–water partition coefficient (Wildman–Crippen LogP) is 4.10. The molecule has 0 bridgehead atoms. The molecule has 0 radical (unpaired) electrons. The standard InChI is InChI=1S/C22H22N2O4/c1-15(28-20-9-5-7-17-6-3-4-8-19(17)20)21(25)24-18-12-10-16(11-13-18)14-23-22(26)27-2/h3-13,15H,14H2,1-2H3,(H,23,26)(H,24,25). The zero-order valence-electron chi connectivity index (χ0n) is 15.8. The van der Waals surface area contributed by atoms with Gasteiger partial charge in [-0.2, -0.15) is 0 Å². The van der Waals surface area contributed by atoms with Gasteiger partial charge in [0.1, 0.15) is 5.75 Å². The van der Waals surface area contributed by atoms with E-state index in [4.69, 9.17) is 4.74 Å². The number of carbonyl (C=O) groups excluding carboxylic acids is 2. The minimum atomic E-state index is -0.661. The number of hydrogen-bond acceptors (Lipinski definition) is 4. The van der Waals surface area contributed by atoms with Crippen LogP contribution in [0, 0.1) is 0 Å². The average Bonchev–Trinajstić information content (AvgIpc) is 2.73. The summed E-state index contributed by atoms with van der Waals surface area (Å²) in [5.41, 5.74) is 1.55. The molecule has 6 heteroatoms. The number of hydrogen-bond donors (Lipinski definition) is 2. The first-order chi connectivity index (χ1) is 13.6. The third-order valence-corrected chi connectivity index (χ3v) is 4.27. The van der Waals surface area contributed by atoms with E-state index in [0.29, 0.717) is 18.0 Å². The summed E-state index contributed by atoms with van der Waals surface area (Å²) in [5, 5.41) is 7.46. The zero-order valence-corrected chi connectivity index (χ0v) is 15.8. The number of ether oxygens (including phenoxy) is 2. The molecule has 3 aromatic rings. The SMILES string of the molecule is COC(=O)NCc1ccc(NC(=O)C(C)Oc2cccc3ccccc23)cc1. The monoisotopic (exact) mass is 378 g/mol. The summed E-state index contributed by atoms with van der Waals surface area (Å²) < 4.78 is 10.4. The van der Waals surface area contributed by atoms with Crippen LogP contribution in [-0.4, -0.2) is 25.2 Å². The van der Waals surface area contributed by atoms with Crippen molar-refractivity contribution in [2.75, 3.05) is 12.4 Å². The van der Waals surface area contributed by atoms with Crippen molar-refractivity contribution in [2.24, 2.45) is 0 Å². The zero-order chi connectivity index (χ0) is 19.9. The quantitative estimate of drug-likeness (QED) is 0.677. The first-order valence-electron chi connectivity index (χ1n) is 8.93. The van der Waals surface area contributed by atoms with Gasteiger partial charge in [0.2, 0.25) is 0 Å². The number of anilines is 1. The second-order valence-electron chi connectivity index (χ2n) is 6.27. The van der Waals surface area contributed by atoms with E-state index in [1.807, 2.05) is 54.6 Å². The second-order valence-corrected chi connectivity index (χ2v) is 6.27. The number of carbonyl (C=O) groups is 2. The average molecular weight is 378 g/mol. The largest absolute Gasteiger partial charge is 0.480 e. The molecular weight excluding hydrogens is 356 g/mol. The van der Waals surface area contributed by atoms with Crippen molar-refractivity contribution in [3.63, 3.8) is 0 Å². The molecule has 1 atom stereocenters. The Labute approximate surface area is 163 Å². The summed E-state index contributed by atoms with van der Waals surface area (Å²) >= 11 is 0. The van der Waals surface area contributed by atoms with Crippen molar-refractivity contribution in [3.05, 3.63) is 72.3 Å². The first-order valence-corrected chi connectivity index (χ1v) is 8.93. The van der Waals surface area contributed by atoms with Gasteiger partial charge < -0.3 is 20.1 Å². The van der Waals surface area contributed by atoms with E-state index in [-0.39, 0.29) is 5.91 Å². The molecule has 0 fully saturated rings. The maximum atomic E-state index is 12.5. The Morgan fingerprint density at radius 3 is 2.43 bits per heavy atom. The number of methoxy groups -OCH3 is 1. The van der Waals surface area contributed by atoms with Gasteiger partial charge in [0.25, 0.3) is 5.91 Å². The Morgan fingerprint density at radius 1 is 0.964 bits per heavy atom. The van der Waals surface area contributed by atoms with Crippen LogP contribution in [0.15, 0.2) is 66.7 Å². The molecule has 144 valence electrons. The molecule has 0 spiro atoms. The third kappa shape index (κ3) is 4.79. The molecule has 0 aliphatic carbocycles. The maximum absolute atomic E-state index is 12.5. The van der Waals surface area contributed by atoms with Crippen molar-refractivity contribution < 1.29 is 19.1 Å². The lowest BCUT2D eigenvalue weighted by molar-refractivity contribution is -0.122.